The third-order valence-corrected chi connectivity index (χ3v) is 7.25. The summed E-state index contributed by atoms with van der Waals surface area (Å²) in [6.07, 6.45) is 1.83. The molecule has 1 saturated heterocycles. The number of hydrogen-bond acceptors (Lipinski definition) is 4. The third-order valence-electron chi connectivity index (χ3n) is 6.93. The van der Waals surface area contributed by atoms with Crippen LogP contribution in [-0.4, -0.2) is 21.8 Å². The second-order valence-corrected chi connectivity index (χ2v) is 9.73. The van der Waals surface area contributed by atoms with Crippen LogP contribution in [0.4, 0.5) is 5.69 Å². The van der Waals surface area contributed by atoms with Crippen LogP contribution in [0.15, 0.2) is 115 Å². The fourth-order valence-corrected chi connectivity index (χ4v) is 5.45. The summed E-state index contributed by atoms with van der Waals surface area (Å²) in [5.74, 6) is 2.27. The average molecular weight is 533 g/mol. The van der Waals surface area contributed by atoms with Crippen molar-refractivity contribution in [1.29, 1.82) is 0 Å². The molecule has 7 heteroatoms. The number of nitrogens with one attached hydrogen (secondary N) is 1. The number of pyridine rings is 1. The van der Waals surface area contributed by atoms with Crippen molar-refractivity contribution in [2.75, 3.05) is 12.0 Å². The summed E-state index contributed by atoms with van der Waals surface area (Å²) in [5.41, 5.74) is 5.29. The Balaban J connectivity index is 1.38. The molecule has 2 atom stereocenters. The number of aryl methyl sites for hydroxylation is 1. The normalized spacial score (nSPS) is 16.7. The second-order valence-electron chi connectivity index (χ2n) is 9.34. The summed E-state index contributed by atoms with van der Waals surface area (Å²) in [7, 11) is 1.65. The first-order chi connectivity index (χ1) is 19.1. The highest BCUT2D eigenvalue weighted by atomic mass is 32.1. The molecule has 194 valence electrons. The summed E-state index contributed by atoms with van der Waals surface area (Å²) in [6.45, 7) is 2.13. The van der Waals surface area contributed by atoms with Gasteiger partial charge in [-0.25, -0.2) is 0 Å². The van der Waals surface area contributed by atoms with Crippen LogP contribution in [0.3, 0.4) is 0 Å². The summed E-state index contributed by atoms with van der Waals surface area (Å²) >= 11 is 5.94. The molecular formula is C32H28N4O2S. The van der Waals surface area contributed by atoms with Gasteiger partial charge in [-0.2, -0.15) is 0 Å². The van der Waals surface area contributed by atoms with Crippen molar-refractivity contribution in [3.8, 4) is 22.9 Å². The van der Waals surface area contributed by atoms with E-state index < -0.39 is 0 Å². The largest absolute Gasteiger partial charge is 0.497 e. The first-order valence-electron chi connectivity index (χ1n) is 12.8. The monoisotopic (exact) mass is 532 g/mol. The van der Waals surface area contributed by atoms with E-state index in [1.807, 2.05) is 79.0 Å². The SMILES string of the molecule is COc1ccc(Oc2ccc(N3C(=S)N[C@H](c4ccccn4)[C@@H]3c3ccc(C)n3-c3ccccc3)cc2)cc1. The maximum atomic E-state index is 6.07. The molecule has 0 saturated carbocycles. The number of thiocarbonyl (C=S) groups is 1. The third kappa shape index (κ3) is 4.84. The Morgan fingerprint density at radius 3 is 2.08 bits per heavy atom. The molecular weight excluding hydrogens is 504 g/mol. The summed E-state index contributed by atoms with van der Waals surface area (Å²) in [4.78, 5) is 6.88. The van der Waals surface area contributed by atoms with Gasteiger partial charge in [0.1, 0.15) is 23.3 Å². The summed E-state index contributed by atoms with van der Waals surface area (Å²) in [6, 6.07) is 36.0. The molecule has 1 aliphatic rings. The minimum absolute atomic E-state index is 0.130. The average Bonchev–Trinajstić information content (AvgIpc) is 3.54. The molecule has 39 heavy (non-hydrogen) atoms. The summed E-state index contributed by atoms with van der Waals surface area (Å²) < 4.78 is 13.6. The number of methoxy groups -OCH3 is 1. The fourth-order valence-electron chi connectivity index (χ4n) is 5.11. The van der Waals surface area contributed by atoms with Gasteiger partial charge in [-0.1, -0.05) is 24.3 Å². The zero-order valence-corrected chi connectivity index (χ0v) is 22.5. The molecule has 0 bridgehead atoms. The molecule has 1 N–H and O–H groups in total. The Labute approximate surface area is 233 Å². The number of hydrogen-bond donors (Lipinski definition) is 1. The van der Waals surface area contributed by atoms with Gasteiger partial charge in [0.25, 0.3) is 0 Å². The first kappa shape index (κ1) is 24.7. The molecule has 1 aliphatic heterocycles. The van der Waals surface area contributed by atoms with Crippen LogP contribution >= 0.6 is 12.2 Å². The van der Waals surface area contributed by atoms with Crippen LogP contribution in [0, 0.1) is 6.92 Å². The lowest BCUT2D eigenvalue weighted by atomic mass is 10.0. The molecule has 2 aromatic heterocycles. The zero-order valence-electron chi connectivity index (χ0n) is 21.7. The van der Waals surface area contributed by atoms with Gasteiger partial charge in [-0.3, -0.25) is 4.98 Å². The van der Waals surface area contributed by atoms with Gasteiger partial charge >= 0.3 is 0 Å². The quantitative estimate of drug-likeness (QED) is 0.225. The molecule has 0 radical (unpaired) electrons. The second kappa shape index (κ2) is 10.6. The van der Waals surface area contributed by atoms with Crippen LogP contribution in [0.2, 0.25) is 0 Å². The van der Waals surface area contributed by atoms with Crippen molar-refractivity contribution in [2.45, 2.75) is 19.0 Å². The molecule has 3 heterocycles. The van der Waals surface area contributed by atoms with Gasteiger partial charge < -0.3 is 24.3 Å². The number of nitrogens with zero attached hydrogens (tertiary/aromatic N) is 3. The van der Waals surface area contributed by atoms with Crippen molar-refractivity contribution in [2.24, 2.45) is 0 Å². The van der Waals surface area contributed by atoms with Gasteiger partial charge in [-0.15, -0.1) is 0 Å². The van der Waals surface area contributed by atoms with E-state index in [-0.39, 0.29) is 12.1 Å². The van der Waals surface area contributed by atoms with Crippen LogP contribution in [0.5, 0.6) is 17.2 Å². The van der Waals surface area contributed by atoms with Crippen molar-refractivity contribution >= 4 is 23.0 Å². The highest BCUT2D eigenvalue weighted by Gasteiger charge is 2.42. The Morgan fingerprint density at radius 1 is 0.744 bits per heavy atom. The maximum Gasteiger partial charge on any atom is 0.174 e. The highest BCUT2D eigenvalue weighted by Crippen LogP contribution is 2.43. The van der Waals surface area contributed by atoms with Gasteiger partial charge in [0.15, 0.2) is 5.11 Å². The predicted octanol–water partition coefficient (Wildman–Crippen LogP) is 7.16. The van der Waals surface area contributed by atoms with Crippen molar-refractivity contribution in [3.05, 3.63) is 132 Å². The Hall–Kier alpha value is -4.62. The van der Waals surface area contributed by atoms with Gasteiger partial charge in [0, 0.05) is 29.0 Å². The van der Waals surface area contributed by atoms with Crippen LogP contribution in [0.1, 0.15) is 29.2 Å². The van der Waals surface area contributed by atoms with Crippen LogP contribution in [0.25, 0.3) is 5.69 Å². The lowest BCUT2D eigenvalue weighted by molar-refractivity contribution is 0.413. The molecule has 5 aromatic rings. The van der Waals surface area contributed by atoms with Gasteiger partial charge in [0.05, 0.1) is 18.8 Å². The summed E-state index contributed by atoms with van der Waals surface area (Å²) in [5, 5.41) is 4.21. The molecule has 6 nitrogen and oxygen atoms in total. The van der Waals surface area contributed by atoms with E-state index in [1.54, 1.807) is 7.11 Å². The predicted molar refractivity (Wildman–Crippen MR) is 158 cm³/mol. The van der Waals surface area contributed by atoms with Crippen LogP contribution in [-0.2, 0) is 0 Å². The van der Waals surface area contributed by atoms with E-state index >= 15 is 0 Å². The van der Waals surface area contributed by atoms with Gasteiger partial charge in [-0.05, 0) is 104 Å². The first-order valence-corrected chi connectivity index (χ1v) is 13.2. The Kier molecular flexibility index (Phi) is 6.73. The molecule has 1 fully saturated rings. The fraction of sp³-hybridized carbons (Fsp3) is 0.125. The number of benzene rings is 3. The van der Waals surface area contributed by atoms with Gasteiger partial charge in [0.2, 0.25) is 0 Å². The molecule has 3 aromatic carbocycles. The number of para-hydroxylation sites is 1. The highest BCUT2D eigenvalue weighted by molar-refractivity contribution is 7.80. The number of ether oxygens (including phenoxy) is 2. The number of rotatable bonds is 7. The van der Waals surface area contributed by atoms with Crippen molar-refractivity contribution < 1.29 is 9.47 Å². The lowest BCUT2D eigenvalue weighted by Gasteiger charge is -2.29. The molecule has 0 aliphatic carbocycles. The van der Waals surface area contributed by atoms with E-state index in [2.05, 4.69) is 58.1 Å². The van der Waals surface area contributed by atoms with E-state index in [1.165, 1.54) is 0 Å². The van der Waals surface area contributed by atoms with Crippen molar-refractivity contribution in [3.63, 3.8) is 0 Å². The Morgan fingerprint density at radius 2 is 1.41 bits per heavy atom. The minimum Gasteiger partial charge on any atom is -0.497 e. The van der Waals surface area contributed by atoms with E-state index in [4.69, 9.17) is 26.7 Å². The molecule has 0 spiro atoms. The number of aromatic nitrogens is 2. The number of anilines is 1. The minimum atomic E-state index is -0.134. The smallest absolute Gasteiger partial charge is 0.174 e. The standard InChI is InChI=1S/C32H28N4O2S/c1-22-11-20-29(35(22)23-8-4-3-5-9-23)31-30(28-10-6-7-21-33-28)34-32(39)36(31)24-12-14-26(15-13-24)38-27-18-16-25(37-2)17-19-27/h3-21,30-31H,1-2H3,(H,34,39)/t30-,31+/m1/s1. The Bertz CT molecular complexity index is 1570. The van der Waals surface area contributed by atoms with E-state index in [9.17, 15) is 0 Å². The van der Waals surface area contributed by atoms with E-state index in [0.29, 0.717) is 5.11 Å². The van der Waals surface area contributed by atoms with Crippen LogP contribution < -0.4 is 19.7 Å². The molecule has 0 amide bonds. The zero-order chi connectivity index (χ0) is 26.8. The molecule has 6 rings (SSSR count). The lowest BCUT2D eigenvalue weighted by Crippen LogP contribution is -2.30. The topological polar surface area (TPSA) is 51.6 Å². The van der Waals surface area contributed by atoms with E-state index in [0.717, 1.165) is 45.7 Å². The molecule has 0 unspecified atom stereocenters. The van der Waals surface area contributed by atoms with Crippen molar-refractivity contribution in [1.82, 2.24) is 14.9 Å². The maximum absolute atomic E-state index is 6.07.